The molecule has 0 N–H and O–H groups in total. The molecule has 0 bridgehead atoms. The molecule has 1 heterocycles. The molecular formula is C11H6Cl5N3O. The average molecular weight is 373 g/mol. The van der Waals surface area contributed by atoms with E-state index in [9.17, 15) is 4.79 Å². The molecule has 9 heteroatoms. The van der Waals surface area contributed by atoms with E-state index in [1.165, 1.54) is 11.6 Å². The molecule has 2 aromatic rings. The number of carbonyl (C=O) groups is 1. The smallest absolute Gasteiger partial charge is 0.272 e. The Bertz CT molecular complexity index is 677. The Hall–Kier alpha value is -0.520. The molecule has 0 amide bonds. The SMILES string of the molecule is CC(Cl)(Cl)c1nc(C(=O)Cl)nn1-c1ccc(Cl)c(Cl)c1. The highest BCUT2D eigenvalue weighted by Gasteiger charge is 2.30. The number of hydrogen-bond acceptors (Lipinski definition) is 3. The molecule has 0 unspecified atom stereocenters. The molecule has 106 valence electrons. The summed E-state index contributed by atoms with van der Waals surface area (Å²) in [5.74, 6) is -0.0662. The van der Waals surface area contributed by atoms with Gasteiger partial charge >= 0.3 is 0 Å². The highest BCUT2D eigenvalue weighted by atomic mass is 35.5. The normalized spacial score (nSPS) is 11.7. The summed E-state index contributed by atoms with van der Waals surface area (Å²) in [6.45, 7) is 1.50. The largest absolute Gasteiger partial charge is 0.291 e. The van der Waals surface area contributed by atoms with E-state index in [0.717, 1.165) is 0 Å². The second-order valence-electron chi connectivity index (χ2n) is 3.93. The van der Waals surface area contributed by atoms with Crippen molar-refractivity contribution in [2.75, 3.05) is 0 Å². The number of aromatic nitrogens is 3. The number of alkyl halides is 2. The number of halogens is 5. The van der Waals surface area contributed by atoms with Gasteiger partial charge in [-0.15, -0.1) is 5.10 Å². The van der Waals surface area contributed by atoms with Gasteiger partial charge in [-0.1, -0.05) is 46.4 Å². The maximum atomic E-state index is 11.2. The van der Waals surface area contributed by atoms with Gasteiger partial charge in [0.15, 0.2) is 10.2 Å². The fourth-order valence-electron chi connectivity index (χ4n) is 1.48. The number of nitrogens with zero attached hydrogens (tertiary/aromatic N) is 3. The van der Waals surface area contributed by atoms with Crippen molar-refractivity contribution in [1.29, 1.82) is 0 Å². The van der Waals surface area contributed by atoms with Gasteiger partial charge in [-0.2, -0.15) is 0 Å². The molecule has 0 fully saturated rings. The van der Waals surface area contributed by atoms with E-state index >= 15 is 0 Å². The molecule has 0 aliphatic heterocycles. The van der Waals surface area contributed by atoms with Crippen LogP contribution in [0.4, 0.5) is 0 Å². The third-order valence-corrected chi connectivity index (χ3v) is 3.57. The average Bonchev–Trinajstić information content (AvgIpc) is 2.77. The van der Waals surface area contributed by atoms with Gasteiger partial charge in [0.2, 0.25) is 5.82 Å². The number of carbonyl (C=O) groups excluding carboxylic acids is 1. The lowest BCUT2D eigenvalue weighted by Gasteiger charge is -2.14. The van der Waals surface area contributed by atoms with Gasteiger partial charge in [-0.3, -0.25) is 4.79 Å². The standard InChI is InChI=1S/C11H6Cl5N3O/c1-11(15,16)10-17-9(8(14)20)18-19(10)5-2-3-6(12)7(13)4-5/h2-4H,1H3. The Morgan fingerprint density at radius 3 is 2.40 bits per heavy atom. The second kappa shape index (κ2) is 5.70. The lowest BCUT2D eigenvalue weighted by molar-refractivity contribution is 0.107. The molecule has 0 spiro atoms. The molecule has 0 radical (unpaired) electrons. The van der Waals surface area contributed by atoms with Crippen molar-refractivity contribution in [2.45, 2.75) is 11.3 Å². The van der Waals surface area contributed by atoms with Crippen molar-refractivity contribution < 1.29 is 4.79 Å². The summed E-state index contributed by atoms with van der Waals surface area (Å²) in [7, 11) is 0. The molecule has 4 nitrogen and oxygen atoms in total. The summed E-state index contributed by atoms with van der Waals surface area (Å²) in [5.41, 5.74) is 0.499. The monoisotopic (exact) mass is 371 g/mol. The topological polar surface area (TPSA) is 47.8 Å². The first-order valence-electron chi connectivity index (χ1n) is 5.21. The number of rotatable bonds is 3. The zero-order valence-electron chi connectivity index (χ0n) is 9.87. The molecule has 0 aliphatic rings. The van der Waals surface area contributed by atoms with Crippen molar-refractivity contribution in [2.24, 2.45) is 0 Å². The van der Waals surface area contributed by atoms with Crippen LogP contribution >= 0.6 is 58.0 Å². The van der Waals surface area contributed by atoms with E-state index in [0.29, 0.717) is 15.7 Å². The molecule has 0 saturated heterocycles. The van der Waals surface area contributed by atoms with Gasteiger partial charge in [0.05, 0.1) is 15.7 Å². The molecule has 1 aromatic heterocycles. The number of benzene rings is 1. The van der Waals surface area contributed by atoms with E-state index in [1.54, 1.807) is 18.2 Å². The minimum Gasteiger partial charge on any atom is -0.272 e. The molecule has 20 heavy (non-hydrogen) atoms. The molecule has 0 atom stereocenters. The summed E-state index contributed by atoms with van der Waals surface area (Å²) < 4.78 is -0.0818. The third-order valence-electron chi connectivity index (χ3n) is 2.32. The predicted octanol–water partition coefficient (Wildman–Crippen LogP) is 4.60. The highest BCUT2D eigenvalue weighted by molar-refractivity contribution is 6.67. The van der Waals surface area contributed by atoms with Crippen molar-refractivity contribution in [1.82, 2.24) is 14.8 Å². The van der Waals surface area contributed by atoms with Gasteiger partial charge in [-0.25, -0.2) is 9.67 Å². The first-order chi connectivity index (χ1) is 9.20. The Kier molecular flexibility index (Phi) is 4.52. The predicted molar refractivity (Wildman–Crippen MR) is 80.6 cm³/mol. The quantitative estimate of drug-likeness (QED) is 0.583. The van der Waals surface area contributed by atoms with Crippen molar-refractivity contribution in [3.05, 3.63) is 39.9 Å². The highest BCUT2D eigenvalue weighted by Crippen LogP contribution is 2.34. The molecule has 1 aromatic carbocycles. The zero-order valence-corrected chi connectivity index (χ0v) is 13.7. The van der Waals surface area contributed by atoms with E-state index < -0.39 is 9.58 Å². The first-order valence-corrected chi connectivity index (χ1v) is 7.09. The zero-order chi connectivity index (χ0) is 15.1. The van der Waals surface area contributed by atoms with Crippen LogP contribution in [0.15, 0.2) is 18.2 Å². The van der Waals surface area contributed by atoms with Gasteiger partial charge < -0.3 is 0 Å². The summed E-state index contributed by atoms with van der Waals surface area (Å²) in [4.78, 5) is 15.1. The van der Waals surface area contributed by atoms with Crippen LogP contribution in [0.3, 0.4) is 0 Å². The fraction of sp³-hybridized carbons (Fsp3) is 0.182. The minimum absolute atomic E-state index is 0.142. The van der Waals surface area contributed by atoms with Crippen molar-refractivity contribution in [3.8, 4) is 5.69 Å². The second-order valence-corrected chi connectivity index (χ2v) is 6.79. The fourth-order valence-corrected chi connectivity index (χ4v) is 2.09. The summed E-state index contributed by atoms with van der Waals surface area (Å²) in [5, 5.41) is 3.85. The Labute approximate surface area is 139 Å². The first kappa shape index (κ1) is 15.9. The molecular weight excluding hydrogens is 367 g/mol. The van der Waals surface area contributed by atoms with E-state index in [-0.39, 0.29) is 11.6 Å². The van der Waals surface area contributed by atoms with Crippen LogP contribution < -0.4 is 0 Å². The van der Waals surface area contributed by atoms with E-state index in [4.69, 9.17) is 58.0 Å². The van der Waals surface area contributed by atoms with Crippen LogP contribution in [0.2, 0.25) is 10.0 Å². The lowest BCUT2D eigenvalue weighted by atomic mass is 10.3. The number of hydrogen-bond donors (Lipinski definition) is 0. The maximum Gasteiger partial charge on any atom is 0.291 e. The van der Waals surface area contributed by atoms with Crippen LogP contribution in [0.1, 0.15) is 23.4 Å². The summed E-state index contributed by atoms with van der Waals surface area (Å²) in [6, 6.07) is 4.76. The molecule has 2 rings (SSSR count). The third kappa shape index (κ3) is 3.21. The van der Waals surface area contributed by atoms with Crippen LogP contribution in [0.5, 0.6) is 0 Å². The Balaban J connectivity index is 2.65. The summed E-state index contributed by atoms with van der Waals surface area (Å²) in [6.07, 6.45) is 0. The van der Waals surface area contributed by atoms with Gasteiger partial charge in [0.25, 0.3) is 5.24 Å². The van der Waals surface area contributed by atoms with Crippen LogP contribution in [-0.2, 0) is 4.33 Å². The molecule has 0 saturated carbocycles. The maximum absolute atomic E-state index is 11.2. The lowest BCUT2D eigenvalue weighted by Crippen LogP contribution is -2.13. The minimum atomic E-state index is -1.37. The van der Waals surface area contributed by atoms with Crippen LogP contribution in [-0.4, -0.2) is 20.0 Å². The Morgan fingerprint density at radius 1 is 1.25 bits per heavy atom. The van der Waals surface area contributed by atoms with Crippen molar-refractivity contribution >= 4 is 63.2 Å². The van der Waals surface area contributed by atoms with Crippen LogP contribution in [0, 0.1) is 0 Å². The van der Waals surface area contributed by atoms with E-state index in [2.05, 4.69) is 10.1 Å². The Morgan fingerprint density at radius 2 is 1.90 bits per heavy atom. The van der Waals surface area contributed by atoms with Gasteiger partial charge in [0.1, 0.15) is 0 Å². The molecule has 0 aliphatic carbocycles. The summed E-state index contributed by atoms with van der Waals surface area (Å²) >= 11 is 29.2. The van der Waals surface area contributed by atoms with Crippen LogP contribution in [0.25, 0.3) is 5.69 Å². The van der Waals surface area contributed by atoms with Gasteiger partial charge in [-0.05, 0) is 36.7 Å². The van der Waals surface area contributed by atoms with Gasteiger partial charge in [0, 0.05) is 0 Å². The van der Waals surface area contributed by atoms with E-state index in [1.807, 2.05) is 0 Å². The van der Waals surface area contributed by atoms with Crippen molar-refractivity contribution in [3.63, 3.8) is 0 Å².